The van der Waals surface area contributed by atoms with Gasteiger partial charge in [0.15, 0.2) is 0 Å². The van der Waals surface area contributed by atoms with E-state index in [4.69, 9.17) is 23.2 Å². The summed E-state index contributed by atoms with van der Waals surface area (Å²) in [6, 6.07) is 17.6. The molecule has 0 saturated carbocycles. The Kier molecular flexibility index (Phi) is 11.2. The smallest absolute Gasteiger partial charge is 0.264 e. The molecule has 0 aliphatic heterocycles. The number of halogens is 2. The molecule has 0 fully saturated rings. The first kappa shape index (κ1) is 32.4. The van der Waals surface area contributed by atoms with Gasteiger partial charge in [-0.05, 0) is 62.1 Å². The molecule has 220 valence electrons. The molecule has 41 heavy (non-hydrogen) atoms. The number of benzene rings is 3. The Hall–Kier alpha value is -3.07. The highest BCUT2D eigenvalue weighted by atomic mass is 35.5. The molecule has 0 bridgehead atoms. The van der Waals surface area contributed by atoms with Gasteiger partial charge in [-0.1, -0.05) is 91.5 Å². The van der Waals surface area contributed by atoms with E-state index in [1.165, 1.54) is 35.2 Å². The molecule has 7 nitrogen and oxygen atoms in total. The number of nitrogens with one attached hydrogen (secondary N) is 1. The van der Waals surface area contributed by atoms with Crippen LogP contribution >= 0.6 is 23.2 Å². The van der Waals surface area contributed by atoms with Gasteiger partial charge in [-0.15, -0.1) is 0 Å². The molecular formula is C31H37Cl2N3O4S. The topological polar surface area (TPSA) is 86.8 Å². The summed E-state index contributed by atoms with van der Waals surface area (Å²) in [5, 5.41) is 3.37. The van der Waals surface area contributed by atoms with E-state index < -0.39 is 28.5 Å². The van der Waals surface area contributed by atoms with Crippen LogP contribution in [0.15, 0.2) is 71.6 Å². The maximum absolute atomic E-state index is 14.1. The Balaban J connectivity index is 2.07. The van der Waals surface area contributed by atoms with Gasteiger partial charge in [0.2, 0.25) is 11.8 Å². The van der Waals surface area contributed by atoms with Crippen molar-refractivity contribution in [1.29, 1.82) is 0 Å². The van der Waals surface area contributed by atoms with Crippen LogP contribution in [0.5, 0.6) is 0 Å². The molecule has 3 rings (SSSR count). The van der Waals surface area contributed by atoms with Gasteiger partial charge in [0, 0.05) is 23.1 Å². The van der Waals surface area contributed by atoms with Crippen LogP contribution in [-0.4, -0.2) is 44.3 Å². The first-order valence-corrected chi connectivity index (χ1v) is 15.7. The molecule has 1 N–H and O–H groups in total. The molecule has 0 unspecified atom stereocenters. The van der Waals surface area contributed by atoms with Crippen molar-refractivity contribution >= 4 is 50.7 Å². The van der Waals surface area contributed by atoms with E-state index in [-0.39, 0.29) is 39.0 Å². The molecule has 0 aliphatic rings. The second-order valence-corrected chi connectivity index (χ2v) is 13.3. The molecule has 0 radical (unpaired) electrons. The highest BCUT2D eigenvalue weighted by Gasteiger charge is 2.34. The van der Waals surface area contributed by atoms with E-state index in [0.29, 0.717) is 13.0 Å². The molecule has 0 aliphatic carbocycles. The lowest BCUT2D eigenvalue weighted by atomic mass is 10.1. The fraction of sp³-hybridized carbons (Fsp3) is 0.355. The molecule has 0 spiro atoms. The van der Waals surface area contributed by atoms with Gasteiger partial charge in [0.1, 0.15) is 12.6 Å². The van der Waals surface area contributed by atoms with Gasteiger partial charge >= 0.3 is 0 Å². The van der Waals surface area contributed by atoms with Gasteiger partial charge in [-0.3, -0.25) is 13.9 Å². The Labute approximate surface area is 253 Å². The highest BCUT2D eigenvalue weighted by molar-refractivity contribution is 7.92. The summed E-state index contributed by atoms with van der Waals surface area (Å²) < 4.78 is 28.9. The maximum Gasteiger partial charge on any atom is 0.264 e. The maximum atomic E-state index is 14.1. The minimum absolute atomic E-state index is 0.0128. The molecule has 0 aromatic heterocycles. The van der Waals surface area contributed by atoms with Crippen molar-refractivity contribution in [3.8, 4) is 0 Å². The second kappa shape index (κ2) is 14.2. The number of rotatable bonds is 12. The normalized spacial score (nSPS) is 12.2. The van der Waals surface area contributed by atoms with Crippen molar-refractivity contribution in [2.45, 2.75) is 58.5 Å². The van der Waals surface area contributed by atoms with Crippen molar-refractivity contribution in [3.05, 3.63) is 93.5 Å². The SMILES string of the molecule is CC[C@H](C(=O)NCC(C)C)N(Cc1ccc(C)cc1)C(=O)CN(c1cc(Cl)cc(Cl)c1)S(=O)(=O)c1ccc(C)cc1. The Bertz CT molecular complexity index is 1440. The first-order chi connectivity index (χ1) is 19.3. The Morgan fingerprint density at radius 1 is 0.878 bits per heavy atom. The fourth-order valence-corrected chi connectivity index (χ4v) is 6.19. The molecule has 3 aromatic rings. The van der Waals surface area contributed by atoms with Crippen LogP contribution in [0.2, 0.25) is 10.0 Å². The molecule has 1 atom stereocenters. The molecule has 3 aromatic carbocycles. The molecule has 2 amide bonds. The zero-order chi connectivity index (χ0) is 30.3. The van der Waals surface area contributed by atoms with Crippen LogP contribution in [0.4, 0.5) is 5.69 Å². The van der Waals surface area contributed by atoms with Crippen LogP contribution in [0.3, 0.4) is 0 Å². The van der Waals surface area contributed by atoms with E-state index in [1.54, 1.807) is 12.1 Å². The monoisotopic (exact) mass is 617 g/mol. The summed E-state index contributed by atoms with van der Waals surface area (Å²) in [5.41, 5.74) is 2.91. The van der Waals surface area contributed by atoms with E-state index in [0.717, 1.165) is 21.0 Å². The summed E-state index contributed by atoms with van der Waals surface area (Å²) in [4.78, 5) is 28.9. The number of sulfonamides is 1. The van der Waals surface area contributed by atoms with Crippen LogP contribution in [0, 0.1) is 19.8 Å². The predicted molar refractivity (Wildman–Crippen MR) is 166 cm³/mol. The van der Waals surface area contributed by atoms with Gasteiger partial charge in [-0.25, -0.2) is 8.42 Å². The number of nitrogens with zero attached hydrogens (tertiary/aromatic N) is 2. The first-order valence-electron chi connectivity index (χ1n) is 13.5. The van der Waals surface area contributed by atoms with Crippen molar-refractivity contribution in [2.24, 2.45) is 5.92 Å². The zero-order valence-electron chi connectivity index (χ0n) is 24.0. The van der Waals surface area contributed by atoms with E-state index >= 15 is 0 Å². The third-order valence-electron chi connectivity index (χ3n) is 6.57. The lowest BCUT2D eigenvalue weighted by molar-refractivity contribution is -0.140. The van der Waals surface area contributed by atoms with E-state index in [2.05, 4.69) is 5.32 Å². The molecule has 0 heterocycles. The summed E-state index contributed by atoms with van der Waals surface area (Å²) in [5.74, 6) is -0.607. The van der Waals surface area contributed by atoms with Gasteiger partial charge < -0.3 is 10.2 Å². The number of hydrogen-bond donors (Lipinski definition) is 1. The summed E-state index contributed by atoms with van der Waals surface area (Å²) in [7, 11) is -4.22. The zero-order valence-corrected chi connectivity index (χ0v) is 26.4. The van der Waals surface area contributed by atoms with Crippen LogP contribution < -0.4 is 9.62 Å². The highest BCUT2D eigenvalue weighted by Crippen LogP contribution is 2.30. The van der Waals surface area contributed by atoms with Gasteiger partial charge in [-0.2, -0.15) is 0 Å². The quantitative estimate of drug-likeness (QED) is 0.255. The van der Waals surface area contributed by atoms with Crippen LogP contribution in [0.1, 0.15) is 43.9 Å². The van der Waals surface area contributed by atoms with Crippen molar-refractivity contribution in [2.75, 3.05) is 17.4 Å². The van der Waals surface area contributed by atoms with E-state index in [9.17, 15) is 18.0 Å². The fourth-order valence-electron chi connectivity index (χ4n) is 4.28. The summed E-state index contributed by atoms with van der Waals surface area (Å²) in [6.45, 7) is 9.63. The van der Waals surface area contributed by atoms with Crippen LogP contribution in [-0.2, 0) is 26.2 Å². The molecule has 0 saturated heterocycles. The predicted octanol–water partition coefficient (Wildman–Crippen LogP) is 6.39. The average Bonchev–Trinajstić information content (AvgIpc) is 2.91. The Morgan fingerprint density at radius 3 is 1.93 bits per heavy atom. The van der Waals surface area contributed by atoms with E-state index in [1.807, 2.05) is 58.9 Å². The molecule has 10 heteroatoms. The lowest BCUT2D eigenvalue weighted by Gasteiger charge is -2.33. The Morgan fingerprint density at radius 2 is 1.41 bits per heavy atom. The summed E-state index contributed by atoms with van der Waals surface area (Å²) in [6.07, 6.45) is 0.342. The third kappa shape index (κ3) is 8.71. The van der Waals surface area contributed by atoms with Crippen molar-refractivity contribution in [1.82, 2.24) is 10.2 Å². The third-order valence-corrected chi connectivity index (χ3v) is 8.79. The number of hydrogen-bond acceptors (Lipinski definition) is 4. The van der Waals surface area contributed by atoms with Gasteiger partial charge in [0.25, 0.3) is 10.0 Å². The number of aryl methyl sites for hydroxylation is 2. The van der Waals surface area contributed by atoms with Crippen LogP contribution in [0.25, 0.3) is 0 Å². The number of carbonyl (C=O) groups excluding carboxylic acids is 2. The average molecular weight is 619 g/mol. The van der Waals surface area contributed by atoms with Gasteiger partial charge in [0.05, 0.1) is 10.6 Å². The minimum Gasteiger partial charge on any atom is -0.354 e. The number of amides is 2. The summed E-state index contributed by atoms with van der Waals surface area (Å²) >= 11 is 12.5. The largest absolute Gasteiger partial charge is 0.354 e. The van der Waals surface area contributed by atoms with Crippen molar-refractivity contribution < 1.29 is 18.0 Å². The number of anilines is 1. The second-order valence-electron chi connectivity index (χ2n) is 10.5. The standard InChI is InChI=1S/C31H37Cl2N3O4S/c1-6-29(31(38)34-18-21(2)3)35(19-24-11-7-22(4)8-12-24)30(37)20-36(27-16-25(32)15-26(33)17-27)41(39,40)28-13-9-23(5)10-14-28/h7-17,21,29H,6,18-20H2,1-5H3,(H,34,38)/t29-/m1/s1. The number of carbonyl (C=O) groups is 2. The molecular weight excluding hydrogens is 581 g/mol. The van der Waals surface area contributed by atoms with Crippen molar-refractivity contribution in [3.63, 3.8) is 0 Å². The lowest BCUT2D eigenvalue weighted by Crippen LogP contribution is -2.52. The minimum atomic E-state index is -4.22.